The molecule has 0 aromatic heterocycles. The van der Waals surface area contributed by atoms with Crippen molar-refractivity contribution < 1.29 is 4.79 Å². The van der Waals surface area contributed by atoms with E-state index in [4.69, 9.17) is 11.5 Å². The lowest BCUT2D eigenvalue weighted by molar-refractivity contribution is 0.100. The van der Waals surface area contributed by atoms with Crippen molar-refractivity contribution in [2.24, 2.45) is 5.73 Å². The summed E-state index contributed by atoms with van der Waals surface area (Å²) < 4.78 is 0. The molecule has 4 nitrogen and oxygen atoms in total. The summed E-state index contributed by atoms with van der Waals surface area (Å²) in [4.78, 5) is 13.6. The van der Waals surface area contributed by atoms with E-state index in [-0.39, 0.29) is 0 Å². The molecule has 1 aliphatic heterocycles. The Balaban J connectivity index is 2.41. The molecule has 4 heteroatoms. The Hall–Kier alpha value is -1.71. The number of carbonyl (C=O) groups excluding carboxylic acids is 1. The van der Waals surface area contributed by atoms with Gasteiger partial charge in [0.25, 0.3) is 0 Å². The third-order valence-corrected chi connectivity index (χ3v) is 3.79. The number of nitrogens with zero attached hydrogens (tertiary/aromatic N) is 1. The Morgan fingerprint density at radius 1 is 1.28 bits per heavy atom. The minimum Gasteiger partial charge on any atom is -0.397 e. The van der Waals surface area contributed by atoms with Crippen LogP contribution in [0.2, 0.25) is 0 Å². The Bertz CT molecular complexity index is 448. The van der Waals surface area contributed by atoms with E-state index in [1.165, 1.54) is 6.42 Å². The number of hydrogen-bond donors (Lipinski definition) is 2. The van der Waals surface area contributed by atoms with Crippen molar-refractivity contribution in [3.8, 4) is 0 Å². The van der Waals surface area contributed by atoms with Gasteiger partial charge in [0.1, 0.15) is 0 Å². The zero-order chi connectivity index (χ0) is 13.3. The van der Waals surface area contributed by atoms with Crippen LogP contribution in [0, 0.1) is 0 Å². The minimum atomic E-state index is -0.409. The van der Waals surface area contributed by atoms with Gasteiger partial charge in [-0.05, 0) is 51.3 Å². The Morgan fingerprint density at radius 3 is 2.44 bits per heavy atom. The molecule has 4 N–H and O–H groups in total. The highest BCUT2D eigenvalue weighted by atomic mass is 16.1. The predicted molar refractivity (Wildman–Crippen MR) is 74.6 cm³/mol. The fourth-order valence-corrected chi connectivity index (χ4v) is 2.82. The van der Waals surface area contributed by atoms with E-state index in [1.54, 1.807) is 12.1 Å². The maximum Gasteiger partial charge on any atom is 0.248 e. The first-order valence-corrected chi connectivity index (χ1v) is 6.48. The second-order valence-electron chi connectivity index (χ2n) is 5.17. The topological polar surface area (TPSA) is 72.3 Å². The van der Waals surface area contributed by atoms with Crippen LogP contribution in [0.1, 0.15) is 43.5 Å². The molecule has 0 aliphatic carbocycles. The lowest BCUT2D eigenvalue weighted by Crippen LogP contribution is -2.44. The smallest absolute Gasteiger partial charge is 0.248 e. The normalized spacial score (nSPS) is 24.0. The van der Waals surface area contributed by atoms with E-state index in [0.717, 1.165) is 18.5 Å². The van der Waals surface area contributed by atoms with Crippen LogP contribution in [0.3, 0.4) is 0 Å². The third-order valence-electron chi connectivity index (χ3n) is 3.79. The molecule has 1 saturated heterocycles. The largest absolute Gasteiger partial charge is 0.397 e. The number of hydrogen-bond acceptors (Lipinski definition) is 3. The number of benzene rings is 1. The summed E-state index contributed by atoms with van der Waals surface area (Å²) >= 11 is 0. The Kier molecular flexibility index (Phi) is 3.45. The molecule has 1 aromatic carbocycles. The number of rotatable bonds is 2. The molecular weight excluding hydrogens is 226 g/mol. The fraction of sp³-hybridized carbons (Fsp3) is 0.500. The molecule has 2 unspecified atom stereocenters. The molecule has 1 aliphatic rings. The van der Waals surface area contributed by atoms with Crippen molar-refractivity contribution in [3.05, 3.63) is 23.8 Å². The second-order valence-corrected chi connectivity index (χ2v) is 5.17. The van der Waals surface area contributed by atoms with Gasteiger partial charge in [-0.2, -0.15) is 0 Å². The summed E-state index contributed by atoms with van der Waals surface area (Å²) in [6.45, 7) is 4.40. The predicted octanol–water partition coefficient (Wildman–Crippen LogP) is 2.14. The quantitative estimate of drug-likeness (QED) is 0.786. The average molecular weight is 247 g/mol. The molecule has 98 valence electrons. The van der Waals surface area contributed by atoms with E-state index in [9.17, 15) is 4.79 Å². The van der Waals surface area contributed by atoms with Gasteiger partial charge < -0.3 is 16.4 Å². The molecule has 2 atom stereocenters. The van der Waals surface area contributed by atoms with Gasteiger partial charge >= 0.3 is 0 Å². The molecule has 1 fully saturated rings. The average Bonchev–Trinajstić information content (AvgIpc) is 2.30. The molecule has 0 spiro atoms. The number of carbonyl (C=O) groups is 1. The van der Waals surface area contributed by atoms with Crippen LogP contribution >= 0.6 is 0 Å². The van der Waals surface area contributed by atoms with Crippen molar-refractivity contribution in [1.29, 1.82) is 0 Å². The summed E-state index contributed by atoms with van der Waals surface area (Å²) in [7, 11) is 0. The first-order valence-electron chi connectivity index (χ1n) is 6.48. The van der Waals surface area contributed by atoms with Crippen LogP contribution in [0.15, 0.2) is 18.2 Å². The zero-order valence-corrected chi connectivity index (χ0v) is 11.0. The molecule has 1 amide bonds. The lowest BCUT2D eigenvalue weighted by Gasteiger charge is -2.41. The number of nitrogens with two attached hydrogens (primary N) is 2. The highest BCUT2D eigenvalue weighted by Crippen LogP contribution is 2.33. The summed E-state index contributed by atoms with van der Waals surface area (Å²) in [5.41, 5.74) is 13.5. The van der Waals surface area contributed by atoms with Crippen molar-refractivity contribution in [2.75, 3.05) is 10.6 Å². The molecule has 0 bridgehead atoms. The molecule has 0 radical (unpaired) electrons. The molecule has 18 heavy (non-hydrogen) atoms. The molecule has 1 heterocycles. The number of nitrogen functional groups attached to an aromatic ring is 1. The monoisotopic (exact) mass is 247 g/mol. The van der Waals surface area contributed by atoms with Crippen molar-refractivity contribution in [2.45, 2.75) is 45.2 Å². The summed E-state index contributed by atoms with van der Waals surface area (Å²) in [6, 6.07) is 6.15. The third kappa shape index (κ3) is 2.28. The van der Waals surface area contributed by atoms with Crippen LogP contribution < -0.4 is 16.4 Å². The maximum absolute atomic E-state index is 11.3. The van der Waals surface area contributed by atoms with Gasteiger partial charge in [-0.25, -0.2) is 0 Å². The second kappa shape index (κ2) is 4.88. The van der Waals surface area contributed by atoms with Crippen LogP contribution in [-0.4, -0.2) is 18.0 Å². The van der Waals surface area contributed by atoms with Gasteiger partial charge in [0.05, 0.1) is 11.4 Å². The van der Waals surface area contributed by atoms with Gasteiger partial charge in [0.15, 0.2) is 0 Å². The first kappa shape index (κ1) is 12.7. The molecule has 1 aromatic rings. The zero-order valence-electron chi connectivity index (χ0n) is 11.0. The van der Waals surface area contributed by atoms with Gasteiger partial charge in [0, 0.05) is 17.6 Å². The SMILES string of the molecule is CC1CCCC(C)N1c1cc(C(N)=O)ccc1N. The van der Waals surface area contributed by atoms with Crippen molar-refractivity contribution >= 4 is 17.3 Å². The van der Waals surface area contributed by atoms with Gasteiger partial charge in [-0.1, -0.05) is 0 Å². The van der Waals surface area contributed by atoms with E-state index in [0.29, 0.717) is 23.3 Å². The highest BCUT2D eigenvalue weighted by Gasteiger charge is 2.26. The Morgan fingerprint density at radius 2 is 1.89 bits per heavy atom. The van der Waals surface area contributed by atoms with Gasteiger partial charge in [0.2, 0.25) is 5.91 Å². The van der Waals surface area contributed by atoms with Crippen molar-refractivity contribution in [3.63, 3.8) is 0 Å². The lowest BCUT2D eigenvalue weighted by atomic mass is 9.96. The van der Waals surface area contributed by atoms with Crippen LogP contribution in [-0.2, 0) is 0 Å². The van der Waals surface area contributed by atoms with Gasteiger partial charge in [-0.3, -0.25) is 4.79 Å². The Labute approximate surface area is 108 Å². The first-order chi connectivity index (χ1) is 8.50. The van der Waals surface area contributed by atoms with Crippen LogP contribution in [0.5, 0.6) is 0 Å². The van der Waals surface area contributed by atoms with Gasteiger partial charge in [-0.15, -0.1) is 0 Å². The number of amides is 1. The number of anilines is 2. The number of primary amides is 1. The van der Waals surface area contributed by atoms with Crippen LogP contribution in [0.4, 0.5) is 11.4 Å². The van der Waals surface area contributed by atoms with E-state index in [1.807, 2.05) is 6.07 Å². The number of piperidine rings is 1. The van der Waals surface area contributed by atoms with Crippen LogP contribution in [0.25, 0.3) is 0 Å². The molecule has 0 saturated carbocycles. The molecule has 2 rings (SSSR count). The summed E-state index contributed by atoms with van der Waals surface area (Å²) in [5, 5.41) is 0. The van der Waals surface area contributed by atoms with E-state index in [2.05, 4.69) is 18.7 Å². The van der Waals surface area contributed by atoms with E-state index >= 15 is 0 Å². The summed E-state index contributed by atoms with van der Waals surface area (Å²) in [6.07, 6.45) is 3.56. The highest BCUT2D eigenvalue weighted by molar-refractivity contribution is 5.95. The van der Waals surface area contributed by atoms with Crippen molar-refractivity contribution in [1.82, 2.24) is 0 Å². The molecular formula is C14H21N3O. The minimum absolute atomic E-state index is 0.409. The maximum atomic E-state index is 11.3. The van der Waals surface area contributed by atoms with E-state index < -0.39 is 5.91 Å². The standard InChI is InChI=1S/C14H21N3O/c1-9-4-3-5-10(2)17(9)13-8-11(14(16)18)6-7-12(13)15/h6-10H,3-5,15H2,1-2H3,(H2,16,18). The summed E-state index contributed by atoms with van der Waals surface area (Å²) in [5.74, 6) is -0.409. The fourth-order valence-electron chi connectivity index (χ4n) is 2.82.